The zero-order valence-electron chi connectivity index (χ0n) is 21.4. The first kappa shape index (κ1) is 25.0. The highest BCUT2D eigenvalue weighted by molar-refractivity contribution is 7.98. The molecule has 1 N–H and O–H groups in total. The minimum Gasteiger partial charge on any atom is -0.507 e. The van der Waals surface area contributed by atoms with Gasteiger partial charge in [-0.15, -0.1) is 11.8 Å². The van der Waals surface area contributed by atoms with Crippen molar-refractivity contribution >= 4 is 39.6 Å². The molecule has 0 fully saturated rings. The van der Waals surface area contributed by atoms with E-state index < -0.39 is 0 Å². The van der Waals surface area contributed by atoms with Crippen molar-refractivity contribution in [3.8, 4) is 17.1 Å². The van der Waals surface area contributed by atoms with Gasteiger partial charge in [-0.1, -0.05) is 36.4 Å². The lowest BCUT2D eigenvalue weighted by Gasteiger charge is -2.16. The van der Waals surface area contributed by atoms with E-state index in [1.165, 1.54) is 0 Å². The van der Waals surface area contributed by atoms with E-state index in [-0.39, 0.29) is 18.3 Å². The van der Waals surface area contributed by atoms with Gasteiger partial charge in [-0.2, -0.15) is 0 Å². The molecule has 0 aliphatic carbocycles. The summed E-state index contributed by atoms with van der Waals surface area (Å²) in [4.78, 5) is 16.5. The molecule has 6 nitrogen and oxygen atoms in total. The normalized spacial score (nSPS) is 11.6. The molecule has 2 heterocycles. The first-order chi connectivity index (χ1) is 17.9. The quantitative estimate of drug-likeness (QED) is 0.181. The lowest BCUT2D eigenvalue weighted by atomic mass is 9.98. The van der Waals surface area contributed by atoms with E-state index >= 15 is 0 Å². The number of benzene rings is 3. The van der Waals surface area contributed by atoms with Crippen LogP contribution < -0.4 is 0 Å². The zero-order chi connectivity index (χ0) is 26.1. The smallest absolute Gasteiger partial charge is 0.340 e. The number of esters is 1. The van der Waals surface area contributed by atoms with Gasteiger partial charge in [0.15, 0.2) is 0 Å². The number of carbonyl (C=O) groups excluding carboxylic acids is 1. The van der Waals surface area contributed by atoms with Crippen LogP contribution in [0.25, 0.3) is 33.2 Å². The number of hydrogen-bond donors (Lipinski definition) is 1. The number of rotatable bonds is 8. The predicted octanol–water partition coefficient (Wildman–Crippen LogP) is 6.83. The first-order valence-electron chi connectivity index (χ1n) is 12.2. The number of phenols is 1. The van der Waals surface area contributed by atoms with Crippen LogP contribution in [0.15, 0.2) is 76.0 Å². The van der Waals surface area contributed by atoms with E-state index in [1.54, 1.807) is 18.7 Å². The molecule has 0 unspecified atom stereocenters. The van der Waals surface area contributed by atoms with Crippen molar-refractivity contribution in [3.05, 3.63) is 83.6 Å². The molecule has 2 aromatic heterocycles. The summed E-state index contributed by atoms with van der Waals surface area (Å²) < 4.78 is 13.7. The molecule has 0 amide bonds. The number of hydrogen-bond acceptors (Lipinski definition) is 6. The van der Waals surface area contributed by atoms with E-state index in [1.807, 2.05) is 85.2 Å². The van der Waals surface area contributed by atoms with Crippen LogP contribution in [0.2, 0.25) is 0 Å². The number of aromatic hydroxyl groups is 1. The van der Waals surface area contributed by atoms with Crippen molar-refractivity contribution in [3.63, 3.8) is 0 Å². The maximum Gasteiger partial charge on any atom is 0.340 e. The predicted molar refractivity (Wildman–Crippen MR) is 149 cm³/mol. The van der Waals surface area contributed by atoms with Gasteiger partial charge in [0.1, 0.15) is 17.1 Å². The summed E-state index contributed by atoms with van der Waals surface area (Å²) in [6, 6.07) is 21.7. The van der Waals surface area contributed by atoms with Crippen LogP contribution in [0.3, 0.4) is 0 Å². The molecule has 0 saturated heterocycles. The Kier molecular flexibility index (Phi) is 7.00. The number of thioether (sulfide) groups is 1. The molecule has 7 heteroatoms. The van der Waals surface area contributed by atoms with Gasteiger partial charge >= 0.3 is 5.97 Å². The lowest BCUT2D eigenvalue weighted by molar-refractivity contribution is 0.0527. The fourth-order valence-corrected chi connectivity index (χ4v) is 5.74. The number of fused-ring (bicyclic) bond motifs is 2. The van der Waals surface area contributed by atoms with Gasteiger partial charge in [-0.05, 0) is 51.4 Å². The summed E-state index contributed by atoms with van der Waals surface area (Å²) >= 11 is 1.66. The van der Waals surface area contributed by atoms with E-state index in [4.69, 9.17) is 9.15 Å². The van der Waals surface area contributed by atoms with Crippen LogP contribution in [-0.4, -0.2) is 41.2 Å². The number of nitrogens with zero attached hydrogens (tertiary/aromatic N) is 2. The van der Waals surface area contributed by atoms with Crippen LogP contribution in [0.5, 0.6) is 5.75 Å². The third-order valence-electron chi connectivity index (χ3n) is 6.45. The highest BCUT2D eigenvalue weighted by Crippen LogP contribution is 2.43. The second-order valence-corrected chi connectivity index (χ2v) is 10.3. The third-order valence-corrected chi connectivity index (χ3v) is 7.47. The molecule has 0 radical (unpaired) electrons. The molecule has 0 bridgehead atoms. The molecule has 5 rings (SSSR count). The van der Waals surface area contributed by atoms with Crippen LogP contribution in [0, 0.1) is 0 Å². The summed E-state index contributed by atoms with van der Waals surface area (Å²) in [5.41, 5.74) is 4.22. The molecule has 5 aromatic rings. The molecule has 0 aliphatic rings. The minimum absolute atomic E-state index is 0.110. The van der Waals surface area contributed by atoms with Gasteiger partial charge in [0, 0.05) is 46.3 Å². The topological polar surface area (TPSA) is 67.8 Å². The highest BCUT2D eigenvalue weighted by Gasteiger charge is 2.28. The highest BCUT2D eigenvalue weighted by atomic mass is 32.2. The molecular formula is C30H30N2O4S. The number of ether oxygens (including phenoxy) is 1. The van der Waals surface area contributed by atoms with Gasteiger partial charge in [0.25, 0.3) is 0 Å². The number of furan rings is 1. The van der Waals surface area contributed by atoms with Crippen LogP contribution >= 0.6 is 11.8 Å². The average Bonchev–Trinajstić information content (AvgIpc) is 3.43. The number of carbonyl (C=O) groups is 1. The van der Waals surface area contributed by atoms with Gasteiger partial charge in [0.2, 0.25) is 0 Å². The fraction of sp³-hybridized carbons (Fsp3) is 0.233. The second-order valence-electron chi connectivity index (χ2n) is 9.23. The third kappa shape index (κ3) is 4.72. The molecular weight excluding hydrogens is 484 g/mol. The van der Waals surface area contributed by atoms with Gasteiger partial charge in [-0.25, -0.2) is 4.79 Å². The van der Waals surface area contributed by atoms with Gasteiger partial charge in [-0.3, -0.25) is 0 Å². The van der Waals surface area contributed by atoms with Gasteiger partial charge < -0.3 is 23.7 Å². The Bertz CT molecular complexity index is 1550. The monoisotopic (exact) mass is 514 g/mol. The fourth-order valence-electron chi connectivity index (χ4n) is 4.75. The standard InChI is InChI=1S/C30H30N2O4S/c1-5-35-30(34)28-24(18-37-20-12-7-6-8-13-20)32(4)23-16-21(29(33)22(27(23)28)17-31(2)3)26-15-19-11-9-10-14-25(19)36-26/h6-16,33H,5,17-18H2,1-4H3. The lowest BCUT2D eigenvalue weighted by Crippen LogP contribution is -2.13. The van der Waals surface area contributed by atoms with Crippen LogP contribution in [-0.2, 0) is 24.1 Å². The zero-order valence-corrected chi connectivity index (χ0v) is 22.3. The number of aromatic nitrogens is 1. The summed E-state index contributed by atoms with van der Waals surface area (Å²) in [5.74, 6) is 0.886. The molecule has 0 spiro atoms. The van der Waals surface area contributed by atoms with Crippen LogP contribution in [0.1, 0.15) is 28.5 Å². The summed E-state index contributed by atoms with van der Waals surface area (Å²) in [6.45, 7) is 2.52. The second kappa shape index (κ2) is 10.4. The van der Waals surface area contributed by atoms with Crippen molar-refractivity contribution in [1.82, 2.24) is 9.47 Å². The van der Waals surface area contributed by atoms with Crippen molar-refractivity contribution < 1.29 is 19.1 Å². The molecule has 3 aromatic carbocycles. The summed E-state index contributed by atoms with van der Waals surface area (Å²) in [7, 11) is 5.85. The van der Waals surface area contributed by atoms with E-state index in [0.717, 1.165) is 32.5 Å². The van der Waals surface area contributed by atoms with Crippen molar-refractivity contribution in [1.29, 1.82) is 0 Å². The Morgan fingerprint density at radius 3 is 2.51 bits per heavy atom. The Morgan fingerprint density at radius 2 is 1.81 bits per heavy atom. The molecule has 0 atom stereocenters. The van der Waals surface area contributed by atoms with E-state index in [0.29, 0.717) is 34.7 Å². The summed E-state index contributed by atoms with van der Waals surface area (Å²) in [5, 5.41) is 13.3. The Labute approximate surface area is 220 Å². The average molecular weight is 515 g/mol. The SMILES string of the molecule is CCOC(=O)c1c(CSc2ccccc2)n(C)c2cc(-c3cc4ccccc4o3)c(O)c(CN(C)C)c12. The number of phenolic OH excluding ortho intramolecular Hbond substituents is 1. The first-order valence-corrected chi connectivity index (χ1v) is 13.2. The molecule has 0 aliphatic heterocycles. The molecule has 0 saturated carbocycles. The minimum atomic E-state index is -0.382. The van der Waals surface area contributed by atoms with Crippen molar-refractivity contribution in [2.45, 2.75) is 24.1 Å². The molecule has 37 heavy (non-hydrogen) atoms. The number of aryl methyl sites for hydroxylation is 1. The van der Waals surface area contributed by atoms with Crippen LogP contribution in [0.4, 0.5) is 0 Å². The summed E-state index contributed by atoms with van der Waals surface area (Å²) in [6.07, 6.45) is 0. The van der Waals surface area contributed by atoms with Gasteiger partial charge in [0.05, 0.1) is 23.3 Å². The Balaban J connectivity index is 1.76. The number of para-hydroxylation sites is 1. The Hall–Kier alpha value is -3.68. The Morgan fingerprint density at radius 1 is 1.08 bits per heavy atom. The van der Waals surface area contributed by atoms with E-state index in [9.17, 15) is 9.90 Å². The maximum absolute atomic E-state index is 13.4. The maximum atomic E-state index is 13.4. The largest absolute Gasteiger partial charge is 0.507 e. The molecule has 190 valence electrons. The van der Waals surface area contributed by atoms with Crippen molar-refractivity contribution in [2.75, 3.05) is 20.7 Å². The van der Waals surface area contributed by atoms with E-state index in [2.05, 4.69) is 12.1 Å². The van der Waals surface area contributed by atoms with Crippen molar-refractivity contribution in [2.24, 2.45) is 7.05 Å².